The molecule has 1 fully saturated rings. The van der Waals surface area contributed by atoms with Crippen LogP contribution in [0, 0.1) is 5.92 Å². The fourth-order valence-electron chi connectivity index (χ4n) is 2.90. The highest BCUT2D eigenvalue weighted by atomic mass is 35.5. The zero-order chi connectivity index (χ0) is 16.8. The second kappa shape index (κ2) is 9.64. The highest BCUT2D eigenvalue weighted by Gasteiger charge is 2.25. The summed E-state index contributed by atoms with van der Waals surface area (Å²) in [7, 11) is 3.48. The number of nitrogens with one attached hydrogen (secondary N) is 1. The lowest BCUT2D eigenvalue weighted by Gasteiger charge is -2.29. The number of hydrogen-bond acceptors (Lipinski definition) is 3. The maximum Gasteiger partial charge on any atom is 0.253 e. The third kappa shape index (κ3) is 5.21. The molecule has 1 unspecified atom stereocenters. The molecule has 0 saturated carbocycles. The average molecular weight is 354 g/mol. The Morgan fingerprint density at radius 3 is 2.38 bits per heavy atom. The van der Waals surface area contributed by atoms with Gasteiger partial charge in [0.2, 0.25) is 5.91 Å². The molecular weight excluding hydrogens is 326 g/mol. The maximum atomic E-state index is 12.6. The molecular formula is C18H28ClN3O2. The van der Waals surface area contributed by atoms with E-state index in [9.17, 15) is 9.59 Å². The summed E-state index contributed by atoms with van der Waals surface area (Å²) in [5, 5.41) is 3.30. The van der Waals surface area contributed by atoms with Crippen molar-refractivity contribution in [1.82, 2.24) is 15.1 Å². The van der Waals surface area contributed by atoms with Crippen molar-refractivity contribution in [3.8, 4) is 0 Å². The Balaban J connectivity index is 0.00000288. The van der Waals surface area contributed by atoms with E-state index >= 15 is 0 Å². The summed E-state index contributed by atoms with van der Waals surface area (Å²) in [6.45, 7) is 5.11. The van der Waals surface area contributed by atoms with Gasteiger partial charge in [-0.1, -0.05) is 12.1 Å². The van der Waals surface area contributed by atoms with Crippen molar-refractivity contribution in [2.24, 2.45) is 5.92 Å². The lowest BCUT2D eigenvalue weighted by molar-refractivity contribution is -0.136. The molecule has 1 heterocycles. The molecule has 0 radical (unpaired) electrons. The van der Waals surface area contributed by atoms with Crippen LogP contribution in [0.5, 0.6) is 0 Å². The van der Waals surface area contributed by atoms with Crippen LogP contribution in [0.3, 0.4) is 0 Å². The molecule has 1 aromatic rings. The van der Waals surface area contributed by atoms with Crippen LogP contribution >= 0.6 is 12.4 Å². The van der Waals surface area contributed by atoms with Crippen LogP contribution in [0.2, 0.25) is 0 Å². The Bertz CT molecular complexity index is 540. The number of benzene rings is 1. The molecule has 2 rings (SSSR count). The molecule has 6 heteroatoms. The largest absolute Gasteiger partial charge is 0.345 e. The number of carbonyl (C=O) groups excluding carboxylic acids is 2. The predicted molar refractivity (Wildman–Crippen MR) is 98.4 cm³/mol. The lowest BCUT2D eigenvalue weighted by Crippen LogP contribution is -2.42. The van der Waals surface area contributed by atoms with E-state index in [-0.39, 0.29) is 30.1 Å². The highest BCUT2D eigenvalue weighted by Crippen LogP contribution is 2.16. The topological polar surface area (TPSA) is 52.7 Å². The van der Waals surface area contributed by atoms with Crippen molar-refractivity contribution in [3.63, 3.8) is 0 Å². The van der Waals surface area contributed by atoms with Crippen LogP contribution in [0.25, 0.3) is 0 Å². The van der Waals surface area contributed by atoms with Crippen LogP contribution in [0.4, 0.5) is 0 Å². The monoisotopic (exact) mass is 353 g/mol. The van der Waals surface area contributed by atoms with Gasteiger partial charge in [0.15, 0.2) is 0 Å². The van der Waals surface area contributed by atoms with Gasteiger partial charge >= 0.3 is 0 Å². The molecule has 1 saturated heterocycles. The van der Waals surface area contributed by atoms with E-state index in [0.29, 0.717) is 18.7 Å². The minimum absolute atomic E-state index is 0. The number of halogens is 1. The van der Waals surface area contributed by atoms with Crippen LogP contribution in [-0.4, -0.2) is 55.3 Å². The summed E-state index contributed by atoms with van der Waals surface area (Å²) >= 11 is 0. The number of nitrogens with zero attached hydrogens (tertiary/aromatic N) is 2. The van der Waals surface area contributed by atoms with Gasteiger partial charge in [0, 0.05) is 39.3 Å². The Morgan fingerprint density at radius 2 is 1.88 bits per heavy atom. The summed E-state index contributed by atoms with van der Waals surface area (Å²) in [5.41, 5.74) is 1.73. The standard InChI is InChI=1S/C18H27N3O2.ClH/c1-4-21(18(23)16-6-5-11-19-12-16)13-14-7-9-15(10-8-14)17(22)20(2)3;/h7-10,16,19H,4-6,11-13H2,1-3H3;1H. The van der Waals surface area contributed by atoms with Crippen molar-refractivity contribution in [1.29, 1.82) is 0 Å². The molecule has 1 atom stereocenters. The average Bonchev–Trinajstić information content (AvgIpc) is 2.59. The molecule has 5 nitrogen and oxygen atoms in total. The van der Waals surface area contributed by atoms with Gasteiger partial charge in [-0.25, -0.2) is 0 Å². The smallest absolute Gasteiger partial charge is 0.253 e. The van der Waals surface area contributed by atoms with Crippen molar-refractivity contribution in [2.45, 2.75) is 26.3 Å². The molecule has 1 aliphatic heterocycles. The highest BCUT2D eigenvalue weighted by molar-refractivity contribution is 5.93. The van der Waals surface area contributed by atoms with Crippen LogP contribution < -0.4 is 5.32 Å². The van der Waals surface area contributed by atoms with Gasteiger partial charge in [-0.15, -0.1) is 12.4 Å². The fraction of sp³-hybridized carbons (Fsp3) is 0.556. The van der Waals surface area contributed by atoms with E-state index in [1.54, 1.807) is 19.0 Å². The third-order valence-electron chi connectivity index (χ3n) is 4.32. The van der Waals surface area contributed by atoms with Crippen molar-refractivity contribution < 1.29 is 9.59 Å². The van der Waals surface area contributed by atoms with E-state index < -0.39 is 0 Å². The SMILES string of the molecule is CCN(Cc1ccc(C(=O)N(C)C)cc1)C(=O)C1CCCNC1.Cl. The number of carbonyl (C=O) groups is 2. The van der Waals surface area contributed by atoms with Gasteiger partial charge < -0.3 is 15.1 Å². The van der Waals surface area contributed by atoms with E-state index in [1.807, 2.05) is 36.1 Å². The Kier molecular flexibility index (Phi) is 8.22. The first-order chi connectivity index (χ1) is 11.0. The zero-order valence-electron chi connectivity index (χ0n) is 14.7. The number of amides is 2. The predicted octanol–water partition coefficient (Wildman–Crippen LogP) is 2.16. The van der Waals surface area contributed by atoms with Gasteiger partial charge in [-0.05, 0) is 44.0 Å². The second-order valence-electron chi connectivity index (χ2n) is 6.29. The number of hydrogen-bond donors (Lipinski definition) is 1. The zero-order valence-corrected chi connectivity index (χ0v) is 15.6. The van der Waals surface area contributed by atoms with Gasteiger partial charge in [0.25, 0.3) is 5.91 Å². The molecule has 0 spiro atoms. The minimum Gasteiger partial charge on any atom is -0.345 e. The summed E-state index contributed by atoms with van der Waals surface area (Å²) in [6.07, 6.45) is 2.04. The second-order valence-corrected chi connectivity index (χ2v) is 6.29. The molecule has 1 N–H and O–H groups in total. The molecule has 0 bridgehead atoms. The molecule has 1 aliphatic rings. The molecule has 0 aliphatic carbocycles. The van der Waals surface area contributed by atoms with Crippen LogP contribution in [-0.2, 0) is 11.3 Å². The quantitative estimate of drug-likeness (QED) is 0.882. The van der Waals surface area contributed by atoms with Crippen molar-refractivity contribution >= 4 is 24.2 Å². The van der Waals surface area contributed by atoms with Crippen LogP contribution in [0.15, 0.2) is 24.3 Å². The van der Waals surface area contributed by atoms with E-state index in [1.165, 1.54) is 0 Å². The number of rotatable bonds is 5. The van der Waals surface area contributed by atoms with Crippen LogP contribution in [0.1, 0.15) is 35.7 Å². The van der Waals surface area contributed by atoms with Crippen molar-refractivity contribution in [2.75, 3.05) is 33.7 Å². The van der Waals surface area contributed by atoms with Gasteiger partial charge in [0.05, 0.1) is 5.92 Å². The summed E-state index contributed by atoms with van der Waals surface area (Å²) in [6, 6.07) is 7.54. The Hall–Kier alpha value is -1.59. The summed E-state index contributed by atoms with van der Waals surface area (Å²) < 4.78 is 0. The lowest BCUT2D eigenvalue weighted by atomic mass is 9.98. The first kappa shape index (κ1) is 20.5. The van der Waals surface area contributed by atoms with E-state index in [4.69, 9.17) is 0 Å². The first-order valence-electron chi connectivity index (χ1n) is 8.33. The van der Waals surface area contributed by atoms with Gasteiger partial charge in [-0.2, -0.15) is 0 Å². The van der Waals surface area contributed by atoms with Gasteiger partial charge in [0.1, 0.15) is 0 Å². The third-order valence-corrected chi connectivity index (χ3v) is 4.32. The minimum atomic E-state index is -0.00625. The van der Waals surface area contributed by atoms with Gasteiger partial charge in [-0.3, -0.25) is 9.59 Å². The molecule has 2 amide bonds. The maximum absolute atomic E-state index is 12.6. The summed E-state index contributed by atoms with van der Waals surface area (Å²) in [4.78, 5) is 28.0. The Morgan fingerprint density at radius 1 is 1.21 bits per heavy atom. The first-order valence-corrected chi connectivity index (χ1v) is 8.33. The van der Waals surface area contributed by atoms with E-state index in [2.05, 4.69) is 5.32 Å². The normalized spacial score (nSPS) is 16.9. The molecule has 134 valence electrons. The number of piperidine rings is 1. The molecule has 24 heavy (non-hydrogen) atoms. The summed E-state index contributed by atoms with van der Waals surface area (Å²) in [5.74, 6) is 0.319. The van der Waals surface area contributed by atoms with E-state index in [0.717, 1.165) is 31.5 Å². The Labute approximate surface area is 150 Å². The molecule has 1 aromatic carbocycles. The molecule has 0 aromatic heterocycles. The van der Waals surface area contributed by atoms with Crippen molar-refractivity contribution in [3.05, 3.63) is 35.4 Å². The fourth-order valence-corrected chi connectivity index (χ4v) is 2.90.